The molecule has 0 radical (unpaired) electrons. The van der Waals surface area contributed by atoms with Gasteiger partial charge in [-0.1, -0.05) is 55.8 Å². The Bertz CT molecular complexity index is 1120. The number of benzene rings is 2. The Kier molecular flexibility index (Phi) is 6.00. The van der Waals surface area contributed by atoms with Crippen LogP contribution < -0.4 is 0 Å². The smallest absolute Gasteiger partial charge is 0.314 e. The van der Waals surface area contributed by atoms with E-state index in [4.69, 9.17) is 0 Å². The summed E-state index contributed by atoms with van der Waals surface area (Å²) in [6.07, 6.45) is -0.0599. The highest BCUT2D eigenvalue weighted by Crippen LogP contribution is 2.63. The van der Waals surface area contributed by atoms with Crippen LogP contribution in [0.3, 0.4) is 0 Å². The fourth-order valence-corrected chi connectivity index (χ4v) is 5.94. The second kappa shape index (κ2) is 8.84. The van der Waals surface area contributed by atoms with Crippen molar-refractivity contribution in [3.63, 3.8) is 0 Å². The van der Waals surface area contributed by atoms with Gasteiger partial charge in [0.25, 0.3) is 0 Å². The highest BCUT2D eigenvalue weighted by molar-refractivity contribution is 5.54. The van der Waals surface area contributed by atoms with Gasteiger partial charge in [-0.3, -0.25) is 0 Å². The molecule has 2 aromatic carbocycles. The zero-order valence-corrected chi connectivity index (χ0v) is 19.7. The van der Waals surface area contributed by atoms with E-state index in [2.05, 4.69) is 26.6 Å². The van der Waals surface area contributed by atoms with Crippen LogP contribution in [0.4, 0.5) is 13.2 Å². The molecular formula is C27H31F3N4. The van der Waals surface area contributed by atoms with Crippen molar-refractivity contribution in [1.82, 2.24) is 19.7 Å². The Morgan fingerprint density at radius 2 is 1.71 bits per heavy atom. The number of halogens is 3. The third kappa shape index (κ3) is 4.15. The first kappa shape index (κ1) is 23.1. The van der Waals surface area contributed by atoms with Crippen molar-refractivity contribution in [3.05, 3.63) is 71.5 Å². The molecule has 0 bridgehead atoms. The number of piperidine rings is 1. The molecule has 1 saturated heterocycles. The molecule has 3 atom stereocenters. The van der Waals surface area contributed by atoms with Gasteiger partial charge in [-0.15, -0.1) is 10.2 Å². The molecular weight excluding hydrogens is 437 g/mol. The van der Waals surface area contributed by atoms with Crippen molar-refractivity contribution >= 4 is 0 Å². The van der Waals surface area contributed by atoms with E-state index >= 15 is 0 Å². The van der Waals surface area contributed by atoms with E-state index in [9.17, 15) is 13.2 Å². The van der Waals surface area contributed by atoms with Gasteiger partial charge in [0.15, 0.2) is 5.82 Å². The molecule has 1 aliphatic carbocycles. The lowest BCUT2D eigenvalue weighted by atomic mass is 9.92. The van der Waals surface area contributed by atoms with E-state index in [1.54, 1.807) is 12.1 Å². The molecule has 0 N–H and O–H groups in total. The quantitative estimate of drug-likeness (QED) is 0.396. The fraction of sp³-hybridized carbons (Fsp3) is 0.481. The number of hydrogen-bond donors (Lipinski definition) is 0. The number of alkyl halides is 3. The van der Waals surface area contributed by atoms with Crippen molar-refractivity contribution in [2.45, 2.75) is 44.2 Å². The van der Waals surface area contributed by atoms with E-state index in [0.29, 0.717) is 11.8 Å². The lowest BCUT2D eigenvalue weighted by Gasteiger charge is -2.23. The molecule has 3 aromatic rings. The van der Waals surface area contributed by atoms with Gasteiger partial charge in [0.1, 0.15) is 5.82 Å². The highest BCUT2D eigenvalue weighted by Gasteiger charge is 2.66. The monoisotopic (exact) mass is 468 g/mol. The van der Waals surface area contributed by atoms with Crippen LogP contribution in [0.1, 0.15) is 43.1 Å². The number of likely N-dealkylation sites (tertiary alicyclic amines) is 1. The van der Waals surface area contributed by atoms with Crippen molar-refractivity contribution in [2.75, 3.05) is 19.6 Å². The second-order valence-corrected chi connectivity index (χ2v) is 9.92. The van der Waals surface area contributed by atoms with Crippen LogP contribution in [0, 0.1) is 11.8 Å². The molecule has 1 saturated carbocycles. The second-order valence-electron chi connectivity index (χ2n) is 9.92. The number of rotatable bonds is 8. The van der Waals surface area contributed by atoms with Gasteiger partial charge in [0.05, 0.1) is 5.56 Å². The molecule has 2 aliphatic rings. The summed E-state index contributed by atoms with van der Waals surface area (Å²) < 4.78 is 40.9. The number of nitrogens with zero attached hydrogens (tertiary/aromatic N) is 4. The van der Waals surface area contributed by atoms with Crippen molar-refractivity contribution in [2.24, 2.45) is 18.9 Å². The number of unbranched alkanes of at least 4 members (excludes halogenated alkanes) is 2. The van der Waals surface area contributed by atoms with Crippen LogP contribution >= 0.6 is 0 Å². The summed E-state index contributed by atoms with van der Waals surface area (Å²) in [5, 5.41) is 8.75. The maximum absolute atomic E-state index is 12.9. The summed E-state index contributed by atoms with van der Waals surface area (Å²) in [5.41, 5.74) is 1.62. The maximum Gasteiger partial charge on any atom is 0.416 e. The number of fused-ring (bicyclic) bond motifs is 1. The largest absolute Gasteiger partial charge is 0.416 e. The topological polar surface area (TPSA) is 34.0 Å². The van der Waals surface area contributed by atoms with Crippen LogP contribution in [-0.2, 0) is 25.1 Å². The van der Waals surface area contributed by atoms with Gasteiger partial charge in [0.2, 0.25) is 0 Å². The molecule has 0 unspecified atom stereocenters. The third-order valence-corrected chi connectivity index (χ3v) is 8.03. The standard InChI is InChI=1S/C27H31F3N4/c1-19-23-17-34(18-26(19,23)21-12-14-22(15-13-21)27(28,29)30)16-8-4-7-11-24-31-32-25(33(24)2)20-9-5-3-6-10-20/h3,5-6,9-10,12-15,19,23H,4,7-8,11,16-18H2,1-2H3/t19-,23+,26-/m0/s1. The van der Waals surface area contributed by atoms with E-state index < -0.39 is 11.7 Å². The number of aryl methyl sites for hydroxylation is 1. The maximum atomic E-state index is 12.9. The molecule has 7 heteroatoms. The summed E-state index contributed by atoms with van der Waals surface area (Å²) in [6, 6.07) is 16.0. The molecule has 1 aliphatic heterocycles. The Morgan fingerprint density at radius 1 is 0.971 bits per heavy atom. The minimum absolute atomic E-state index is 0.0383. The third-order valence-electron chi connectivity index (χ3n) is 8.03. The lowest BCUT2D eigenvalue weighted by Crippen LogP contribution is -2.29. The predicted molar refractivity (Wildman–Crippen MR) is 126 cm³/mol. The van der Waals surface area contributed by atoms with Crippen molar-refractivity contribution in [3.8, 4) is 11.4 Å². The van der Waals surface area contributed by atoms with Crippen LogP contribution in [0.15, 0.2) is 54.6 Å². The normalized spacial score (nSPS) is 24.4. The molecule has 1 aromatic heterocycles. The van der Waals surface area contributed by atoms with Gasteiger partial charge >= 0.3 is 6.18 Å². The average molecular weight is 469 g/mol. The van der Waals surface area contributed by atoms with Crippen LogP contribution in [-0.4, -0.2) is 39.3 Å². The molecule has 0 spiro atoms. The number of aromatic nitrogens is 3. The molecule has 4 nitrogen and oxygen atoms in total. The summed E-state index contributed by atoms with van der Waals surface area (Å²) >= 11 is 0. The fourth-order valence-electron chi connectivity index (χ4n) is 5.94. The summed E-state index contributed by atoms with van der Waals surface area (Å²) in [5.74, 6) is 3.00. The minimum atomic E-state index is -4.28. The molecule has 0 amide bonds. The van der Waals surface area contributed by atoms with Gasteiger partial charge in [-0.05, 0) is 48.9 Å². The Balaban J connectivity index is 1.10. The summed E-state index contributed by atoms with van der Waals surface area (Å²) in [6.45, 7) is 5.28. The zero-order chi connectivity index (χ0) is 23.9. The van der Waals surface area contributed by atoms with E-state index in [-0.39, 0.29) is 5.41 Å². The van der Waals surface area contributed by atoms with Crippen LogP contribution in [0.5, 0.6) is 0 Å². The Labute approximate surface area is 198 Å². The van der Waals surface area contributed by atoms with E-state index in [0.717, 1.165) is 68.1 Å². The highest BCUT2D eigenvalue weighted by atomic mass is 19.4. The van der Waals surface area contributed by atoms with E-state index in [1.165, 1.54) is 12.1 Å². The van der Waals surface area contributed by atoms with Gasteiger partial charge < -0.3 is 9.47 Å². The zero-order valence-electron chi connectivity index (χ0n) is 19.7. The molecule has 34 heavy (non-hydrogen) atoms. The first-order chi connectivity index (χ1) is 16.3. The van der Waals surface area contributed by atoms with Gasteiger partial charge in [-0.25, -0.2) is 0 Å². The average Bonchev–Trinajstić information content (AvgIpc) is 3.12. The molecule has 5 rings (SSSR count). The Hall–Kier alpha value is -2.67. The van der Waals surface area contributed by atoms with Crippen LogP contribution in [0.25, 0.3) is 11.4 Å². The summed E-state index contributed by atoms with van der Waals surface area (Å²) in [7, 11) is 2.02. The van der Waals surface area contributed by atoms with Crippen molar-refractivity contribution < 1.29 is 13.2 Å². The first-order valence-corrected chi connectivity index (χ1v) is 12.1. The first-order valence-electron chi connectivity index (χ1n) is 12.1. The molecule has 180 valence electrons. The molecule has 2 heterocycles. The Morgan fingerprint density at radius 3 is 2.41 bits per heavy atom. The van der Waals surface area contributed by atoms with E-state index in [1.807, 2.05) is 37.4 Å². The predicted octanol–water partition coefficient (Wildman–Crippen LogP) is 5.73. The lowest BCUT2D eigenvalue weighted by molar-refractivity contribution is -0.137. The molecule has 2 fully saturated rings. The van der Waals surface area contributed by atoms with Crippen molar-refractivity contribution in [1.29, 1.82) is 0 Å². The van der Waals surface area contributed by atoms with Gasteiger partial charge in [0, 0.05) is 37.5 Å². The summed E-state index contributed by atoms with van der Waals surface area (Å²) in [4.78, 5) is 2.50. The van der Waals surface area contributed by atoms with Crippen LogP contribution in [0.2, 0.25) is 0 Å². The van der Waals surface area contributed by atoms with Gasteiger partial charge in [-0.2, -0.15) is 13.2 Å². The number of hydrogen-bond acceptors (Lipinski definition) is 3. The SMILES string of the molecule is C[C@H]1[C@H]2CN(CCCCCc3nnc(-c4ccccc4)n3C)C[C@]21c1ccc(C(F)(F)F)cc1. The minimum Gasteiger partial charge on any atom is -0.314 e.